The second kappa shape index (κ2) is 6.89. The topological polar surface area (TPSA) is 27.7 Å². The van der Waals surface area contributed by atoms with Gasteiger partial charge in [-0.25, -0.2) is 0 Å². The van der Waals surface area contributed by atoms with Gasteiger partial charge >= 0.3 is 0 Å². The maximum atomic E-state index is 5.18. The van der Waals surface area contributed by atoms with Gasteiger partial charge in [0, 0.05) is 38.8 Å². The van der Waals surface area contributed by atoms with Crippen molar-refractivity contribution in [3.63, 3.8) is 0 Å². The first-order valence-electron chi connectivity index (χ1n) is 6.91. The lowest BCUT2D eigenvalue weighted by atomic mass is 10.1. The Kier molecular flexibility index (Phi) is 5.19. The van der Waals surface area contributed by atoms with Crippen LogP contribution < -0.4 is 10.1 Å². The van der Waals surface area contributed by atoms with E-state index in [-0.39, 0.29) is 0 Å². The van der Waals surface area contributed by atoms with Crippen LogP contribution in [0.2, 0.25) is 0 Å². The fraction of sp³-hybridized carbons (Fsp3) is 0.600. The molecule has 0 aliphatic carbocycles. The molecule has 0 saturated carbocycles. The highest BCUT2D eigenvalue weighted by atomic mass is 16.5. The Balaban J connectivity index is 1.84. The smallest absolute Gasteiger partial charge is 0.118 e. The first kappa shape index (κ1) is 14.3. The second-order valence-electron chi connectivity index (χ2n) is 5.38. The molecule has 1 aliphatic rings. The summed E-state index contributed by atoms with van der Waals surface area (Å²) < 4.78 is 5.18. The number of nitrogens with zero attached hydrogens (tertiary/aromatic N) is 2. The van der Waals surface area contributed by atoms with Crippen molar-refractivity contribution in [3.05, 3.63) is 29.8 Å². The first-order valence-corrected chi connectivity index (χ1v) is 6.91. The molecule has 1 aromatic carbocycles. The monoisotopic (exact) mass is 263 g/mol. The summed E-state index contributed by atoms with van der Waals surface area (Å²) in [6.45, 7) is 5.41. The van der Waals surface area contributed by atoms with Crippen LogP contribution in [-0.2, 0) is 6.54 Å². The maximum Gasteiger partial charge on any atom is 0.118 e. The number of methoxy groups -OCH3 is 1. The van der Waals surface area contributed by atoms with Crippen LogP contribution in [-0.4, -0.2) is 63.2 Å². The molecule has 1 aromatic rings. The van der Waals surface area contributed by atoms with Gasteiger partial charge in [-0.1, -0.05) is 12.1 Å². The lowest BCUT2D eigenvalue weighted by Gasteiger charge is -2.35. The molecule has 1 heterocycles. The zero-order valence-corrected chi connectivity index (χ0v) is 12.2. The maximum absolute atomic E-state index is 5.18. The summed E-state index contributed by atoms with van der Waals surface area (Å²) in [6, 6.07) is 8.93. The fourth-order valence-electron chi connectivity index (χ4n) is 2.53. The third kappa shape index (κ3) is 4.20. The Hall–Kier alpha value is -1.10. The molecule has 0 amide bonds. The van der Waals surface area contributed by atoms with Crippen LogP contribution in [0.4, 0.5) is 0 Å². The van der Waals surface area contributed by atoms with Crippen LogP contribution in [0.1, 0.15) is 5.56 Å². The standard InChI is InChI=1S/C15H25N3O/c1-17(12-14-10-16-8-9-18(14)2)11-13-4-6-15(19-3)7-5-13/h4-7,14,16H,8-12H2,1-3H3. The van der Waals surface area contributed by atoms with Gasteiger partial charge in [0.1, 0.15) is 5.75 Å². The third-order valence-corrected chi connectivity index (χ3v) is 3.78. The molecule has 19 heavy (non-hydrogen) atoms. The fourth-order valence-corrected chi connectivity index (χ4v) is 2.53. The molecule has 0 aromatic heterocycles. The Morgan fingerprint density at radius 1 is 1.37 bits per heavy atom. The summed E-state index contributed by atoms with van der Waals surface area (Å²) in [5.41, 5.74) is 1.33. The summed E-state index contributed by atoms with van der Waals surface area (Å²) in [4.78, 5) is 4.83. The van der Waals surface area contributed by atoms with E-state index in [9.17, 15) is 0 Å². The van der Waals surface area contributed by atoms with Crippen molar-refractivity contribution in [2.75, 3.05) is 47.4 Å². The van der Waals surface area contributed by atoms with Gasteiger partial charge in [0.05, 0.1) is 7.11 Å². The third-order valence-electron chi connectivity index (χ3n) is 3.78. The van der Waals surface area contributed by atoms with E-state index < -0.39 is 0 Å². The quantitative estimate of drug-likeness (QED) is 0.859. The number of piperazine rings is 1. The predicted molar refractivity (Wildman–Crippen MR) is 78.6 cm³/mol. The highest BCUT2D eigenvalue weighted by molar-refractivity contribution is 5.27. The first-order chi connectivity index (χ1) is 9.19. The number of benzene rings is 1. The Morgan fingerprint density at radius 2 is 2.11 bits per heavy atom. The number of likely N-dealkylation sites (N-methyl/N-ethyl adjacent to an activating group) is 2. The average Bonchev–Trinajstić information content (AvgIpc) is 2.42. The molecule has 1 unspecified atom stereocenters. The summed E-state index contributed by atoms with van der Waals surface area (Å²) in [5, 5.41) is 3.46. The molecule has 2 rings (SSSR count). The van der Waals surface area contributed by atoms with E-state index in [0.29, 0.717) is 6.04 Å². The number of ether oxygens (including phenoxy) is 1. The Labute approximate surface area is 116 Å². The van der Waals surface area contributed by atoms with Gasteiger partial charge < -0.3 is 15.0 Å². The Morgan fingerprint density at radius 3 is 2.74 bits per heavy atom. The van der Waals surface area contributed by atoms with E-state index in [2.05, 4.69) is 41.3 Å². The molecule has 106 valence electrons. The summed E-state index contributed by atoms with van der Waals surface area (Å²) in [6.07, 6.45) is 0. The van der Waals surface area contributed by atoms with Gasteiger partial charge in [-0.15, -0.1) is 0 Å². The van der Waals surface area contributed by atoms with E-state index in [1.165, 1.54) is 5.56 Å². The van der Waals surface area contributed by atoms with E-state index >= 15 is 0 Å². The number of nitrogens with one attached hydrogen (secondary N) is 1. The molecule has 1 saturated heterocycles. The summed E-state index contributed by atoms with van der Waals surface area (Å²) in [7, 11) is 6.10. The molecular weight excluding hydrogens is 238 g/mol. The molecule has 4 nitrogen and oxygen atoms in total. The van der Waals surface area contributed by atoms with E-state index in [1.54, 1.807) is 7.11 Å². The van der Waals surface area contributed by atoms with E-state index in [0.717, 1.165) is 38.5 Å². The lowest BCUT2D eigenvalue weighted by molar-refractivity contribution is 0.150. The van der Waals surface area contributed by atoms with Crippen LogP contribution in [0.5, 0.6) is 5.75 Å². The SMILES string of the molecule is COc1ccc(CN(C)CC2CNCCN2C)cc1. The zero-order chi connectivity index (χ0) is 13.7. The zero-order valence-electron chi connectivity index (χ0n) is 12.2. The Bertz CT molecular complexity index is 379. The lowest BCUT2D eigenvalue weighted by Crippen LogP contribution is -2.53. The van der Waals surface area contributed by atoms with Gasteiger partial charge in [0.2, 0.25) is 0 Å². The van der Waals surface area contributed by atoms with Crippen LogP contribution >= 0.6 is 0 Å². The minimum Gasteiger partial charge on any atom is -0.497 e. The van der Waals surface area contributed by atoms with Crippen LogP contribution in [0.3, 0.4) is 0 Å². The number of hydrogen-bond acceptors (Lipinski definition) is 4. The van der Waals surface area contributed by atoms with Crippen LogP contribution in [0.15, 0.2) is 24.3 Å². The van der Waals surface area contributed by atoms with Crippen molar-refractivity contribution in [2.24, 2.45) is 0 Å². The minimum absolute atomic E-state index is 0.608. The number of rotatable bonds is 5. The van der Waals surface area contributed by atoms with Crippen molar-refractivity contribution >= 4 is 0 Å². The minimum atomic E-state index is 0.608. The predicted octanol–water partition coefficient (Wildman–Crippen LogP) is 1.03. The molecule has 0 radical (unpaired) electrons. The molecular formula is C15H25N3O. The van der Waals surface area contributed by atoms with E-state index in [4.69, 9.17) is 4.74 Å². The van der Waals surface area contributed by atoms with Gasteiger partial charge in [0.25, 0.3) is 0 Å². The largest absolute Gasteiger partial charge is 0.497 e. The normalized spacial score (nSPS) is 20.7. The highest BCUT2D eigenvalue weighted by Gasteiger charge is 2.19. The van der Waals surface area contributed by atoms with Crippen LogP contribution in [0.25, 0.3) is 0 Å². The van der Waals surface area contributed by atoms with Crippen molar-refractivity contribution < 1.29 is 4.74 Å². The molecule has 1 N–H and O–H groups in total. The summed E-state index contributed by atoms with van der Waals surface area (Å²) >= 11 is 0. The van der Waals surface area contributed by atoms with Gasteiger partial charge in [0.15, 0.2) is 0 Å². The molecule has 1 atom stereocenters. The molecule has 1 fully saturated rings. The number of hydrogen-bond donors (Lipinski definition) is 1. The highest BCUT2D eigenvalue weighted by Crippen LogP contribution is 2.13. The van der Waals surface area contributed by atoms with Crippen molar-refractivity contribution in [1.29, 1.82) is 0 Å². The molecule has 4 heteroatoms. The molecule has 0 spiro atoms. The van der Waals surface area contributed by atoms with Gasteiger partial charge in [-0.05, 0) is 31.8 Å². The molecule has 1 aliphatic heterocycles. The second-order valence-corrected chi connectivity index (χ2v) is 5.38. The molecule has 0 bridgehead atoms. The van der Waals surface area contributed by atoms with Crippen LogP contribution in [0, 0.1) is 0 Å². The van der Waals surface area contributed by atoms with E-state index in [1.807, 2.05) is 12.1 Å². The van der Waals surface area contributed by atoms with Crippen molar-refractivity contribution in [3.8, 4) is 5.75 Å². The van der Waals surface area contributed by atoms with Crippen molar-refractivity contribution in [1.82, 2.24) is 15.1 Å². The summed E-state index contributed by atoms with van der Waals surface area (Å²) in [5.74, 6) is 0.919. The average molecular weight is 263 g/mol. The van der Waals surface area contributed by atoms with Crippen molar-refractivity contribution in [2.45, 2.75) is 12.6 Å². The van der Waals surface area contributed by atoms with Gasteiger partial charge in [-0.2, -0.15) is 0 Å². The van der Waals surface area contributed by atoms with Gasteiger partial charge in [-0.3, -0.25) is 4.90 Å².